The van der Waals surface area contributed by atoms with E-state index >= 15 is 0 Å². The van der Waals surface area contributed by atoms with E-state index in [1.54, 1.807) is 24.3 Å². The number of carbonyl (C=O) groups excluding carboxylic acids is 1. The lowest BCUT2D eigenvalue weighted by molar-refractivity contribution is -0.141. The number of hydrogen-bond donors (Lipinski definition) is 1. The topological polar surface area (TPSA) is 67.9 Å². The molecule has 0 aromatic heterocycles. The molecule has 2 N–H and O–H groups in total. The van der Waals surface area contributed by atoms with Gasteiger partial charge in [-0.15, -0.1) is 0 Å². The van der Waals surface area contributed by atoms with Gasteiger partial charge in [0.2, 0.25) is 0 Å². The van der Waals surface area contributed by atoms with E-state index in [0.29, 0.717) is 16.6 Å². The van der Waals surface area contributed by atoms with Gasteiger partial charge in [0.05, 0.1) is 0 Å². The number of nitrogens with two attached hydrogens (primary N) is 1. The predicted molar refractivity (Wildman–Crippen MR) is 97.0 cm³/mol. The van der Waals surface area contributed by atoms with Gasteiger partial charge < -0.3 is 15.5 Å². The van der Waals surface area contributed by atoms with Crippen LogP contribution in [0.25, 0.3) is 0 Å². The van der Waals surface area contributed by atoms with Crippen molar-refractivity contribution >= 4 is 23.3 Å². The van der Waals surface area contributed by atoms with Crippen molar-refractivity contribution in [3.63, 3.8) is 0 Å². The summed E-state index contributed by atoms with van der Waals surface area (Å²) in [4.78, 5) is 19.7. The van der Waals surface area contributed by atoms with Gasteiger partial charge in [-0.05, 0) is 38.8 Å². The lowest BCUT2D eigenvalue weighted by Crippen LogP contribution is -2.47. The Bertz CT molecular complexity index is 583. The third-order valence-electron chi connectivity index (χ3n) is 4.28. The van der Waals surface area contributed by atoms with Gasteiger partial charge in [0.25, 0.3) is 5.91 Å². The van der Waals surface area contributed by atoms with E-state index in [0.717, 1.165) is 12.8 Å². The van der Waals surface area contributed by atoms with Gasteiger partial charge in [0.15, 0.2) is 12.4 Å². The van der Waals surface area contributed by atoms with Crippen LogP contribution in [0.3, 0.4) is 0 Å². The molecule has 1 aliphatic rings. The average Bonchev–Trinajstić information content (AvgIpc) is 2.55. The Hall–Kier alpha value is -1.75. The molecule has 0 bridgehead atoms. The summed E-state index contributed by atoms with van der Waals surface area (Å²) in [6.45, 7) is 3.97. The minimum Gasteiger partial charge on any atom is -0.384 e. The van der Waals surface area contributed by atoms with Crippen LogP contribution in [0.1, 0.15) is 51.5 Å². The van der Waals surface area contributed by atoms with E-state index in [1.807, 2.05) is 18.7 Å². The number of amides is 1. The highest BCUT2D eigenvalue weighted by molar-refractivity contribution is 6.31. The quantitative estimate of drug-likeness (QED) is 0.484. The molecule has 1 aromatic carbocycles. The van der Waals surface area contributed by atoms with Crippen molar-refractivity contribution in [3.8, 4) is 0 Å². The molecular weight excluding hydrogens is 326 g/mol. The maximum absolute atomic E-state index is 12.5. The van der Waals surface area contributed by atoms with Crippen molar-refractivity contribution in [2.45, 2.75) is 58.0 Å². The molecule has 1 saturated carbocycles. The normalized spacial score (nSPS) is 16.2. The van der Waals surface area contributed by atoms with Crippen LogP contribution in [-0.2, 0) is 9.63 Å². The fourth-order valence-electron chi connectivity index (χ4n) is 3.20. The molecule has 1 aliphatic carbocycles. The second-order valence-electron chi connectivity index (χ2n) is 6.45. The fourth-order valence-corrected chi connectivity index (χ4v) is 3.39. The zero-order valence-electron chi connectivity index (χ0n) is 14.4. The molecule has 132 valence electrons. The third kappa shape index (κ3) is 5.13. The summed E-state index contributed by atoms with van der Waals surface area (Å²) in [7, 11) is 0. The van der Waals surface area contributed by atoms with Crippen LogP contribution < -0.4 is 5.73 Å². The van der Waals surface area contributed by atoms with Crippen molar-refractivity contribution in [2.24, 2.45) is 10.9 Å². The average molecular weight is 352 g/mol. The van der Waals surface area contributed by atoms with E-state index in [2.05, 4.69) is 5.16 Å². The van der Waals surface area contributed by atoms with Gasteiger partial charge in [0, 0.05) is 22.7 Å². The first-order valence-electron chi connectivity index (χ1n) is 8.51. The summed E-state index contributed by atoms with van der Waals surface area (Å²) < 4.78 is 0. The lowest BCUT2D eigenvalue weighted by Gasteiger charge is -2.37. The molecule has 0 spiro atoms. The minimum atomic E-state index is -0.101. The Balaban J connectivity index is 1.93. The summed E-state index contributed by atoms with van der Waals surface area (Å²) in [6.07, 6.45) is 5.76. The van der Waals surface area contributed by atoms with E-state index in [4.69, 9.17) is 22.2 Å². The number of halogens is 1. The summed E-state index contributed by atoms with van der Waals surface area (Å²) in [6, 6.07) is 7.50. The molecule has 0 radical (unpaired) electrons. The lowest BCUT2D eigenvalue weighted by atomic mass is 9.93. The summed E-state index contributed by atoms with van der Waals surface area (Å²) in [5.41, 5.74) is 6.54. The number of nitrogens with zero attached hydrogens (tertiary/aromatic N) is 2. The number of benzene rings is 1. The molecule has 2 rings (SSSR count). The molecule has 1 amide bonds. The van der Waals surface area contributed by atoms with Crippen LogP contribution in [-0.4, -0.2) is 35.3 Å². The van der Waals surface area contributed by atoms with Crippen LogP contribution in [0.4, 0.5) is 0 Å². The van der Waals surface area contributed by atoms with Gasteiger partial charge >= 0.3 is 0 Å². The Morgan fingerprint density at radius 2 is 2.08 bits per heavy atom. The molecule has 24 heavy (non-hydrogen) atoms. The Labute approximate surface area is 148 Å². The summed E-state index contributed by atoms with van der Waals surface area (Å²) in [5.74, 6) is 0.165. The number of amidine groups is 1. The molecule has 5 nitrogen and oxygen atoms in total. The SMILES string of the molecule is CC(C)N(C(=O)CO/N=C(/N)c1cccc(Cl)c1)C1CCCCC1. The van der Waals surface area contributed by atoms with Gasteiger partial charge in [-0.2, -0.15) is 0 Å². The van der Waals surface area contributed by atoms with Crippen LogP contribution in [0.5, 0.6) is 0 Å². The summed E-state index contributed by atoms with van der Waals surface area (Å²) >= 11 is 5.92. The van der Waals surface area contributed by atoms with Crippen molar-refractivity contribution < 1.29 is 9.63 Å². The number of carbonyl (C=O) groups is 1. The Kier molecular flexibility index (Phi) is 6.91. The standard InChI is InChI=1S/C18H26ClN3O2/c1-13(2)22(16-9-4-3-5-10-16)17(23)12-24-21-18(20)14-7-6-8-15(19)11-14/h6-8,11,13,16H,3-5,9-10,12H2,1-2H3,(H2,20,21). The van der Waals surface area contributed by atoms with E-state index < -0.39 is 0 Å². The van der Waals surface area contributed by atoms with Crippen LogP contribution >= 0.6 is 11.6 Å². The van der Waals surface area contributed by atoms with Crippen LogP contribution in [0.15, 0.2) is 29.4 Å². The highest BCUT2D eigenvalue weighted by Gasteiger charge is 2.27. The maximum atomic E-state index is 12.5. The van der Waals surface area contributed by atoms with E-state index in [1.165, 1.54) is 19.3 Å². The molecule has 1 fully saturated rings. The molecule has 1 aromatic rings. The van der Waals surface area contributed by atoms with Crippen molar-refractivity contribution in [3.05, 3.63) is 34.9 Å². The van der Waals surface area contributed by atoms with Gasteiger partial charge in [-0.1, -0.05) is 48.2 Å². The third-order valence-corrected chi connectivity index (χ3v) is 4.52. The number of hydrogen-bond acceptors (Lipinski definition) is 3. The Morgan fingerprint density at radius 3 is 2.71 bits per heavy atom. The molecular formula is C18H26ClN3O2. The monoisotopic (exact) mass is 351 g/mol. The van der Waals surface area contributed by atoms with Crippen LogP contribution in [0.2, 0.25) is 5.02 Å². The van der Waals surface area contributed by atoms with E-state index in [-0.39, 0.29) is 24.4 Å². The smallest absolute Gasteiger partial charge is 0.263 e. The summed E-state index contributed by atoms with van der Waals surface area (Å²) in [5, 5.41) is 4.42. The molecule has 0 unspecified atom stereocenters. The first kappa shape index (κ1) is 18.6. The Morgan fingerprint density at radius 1 is 1.38 bits per heavy atom. The maximum Gasteiger partial charge on any atom is 0.263 e. The number of oxime groups is 1. The number of rotatable bonds is 6. The first-order valence-corrected chi connectivity index (χ1v) is 8.89. The molecule has 0 heterocycles. The zero-order valence-corrected chi connectivity index (χ0v) is 15.1. The van der Waals surface area contributed by atoms with E-state index in [9.17, 15) is 4.79 Å². The minimum absolute atomic E-state index is 0.0421. The van der Waals surface area contributed by atoms with Gasteiger partial charge in [0.1, 0.15) is 0 Å². The predicted octanol–water partition coefficient (Wildman–Crippen LogP) is 3.55. The second-order valence-corrected chi connectivity index (χ2v) is 6.88. The van der Waals surface area contributed by atoms with Crippen LogP contribution in [0, 0.1) is 0 Å². The van der Waals surface area contributed by atoms with Crippen molar-refractivity contribution in [2.75, 3.05) is 6.61 Å². The van der Waals surface area contributed by atoms with Crippen molar-refractivity contribution in [1.29, 1.82) is 0 Å². The molecule has 6 heteroatoms. The second kappa shape index (κ2) is 8.92. The van der Waals surface area contributed by atoms with Gasteiger partial charge in [-0.25, -0.2) is 0 Å². The molecule has 0 atom stereocenters. The van der Waals surface area contributed by atoms with Gasteiger partial charge in [-0.3, -0.25) is 4.79 Å². The highest BCUT2D eigenvalue weighted by Crippen LogP contribution is 2.24. The molecule has 0 saturated heterocycles. The highest BCUT2D eigenvalue weighted by atomic mass is 35.5. The fraction of sp³-hybridized carbons (Fsp3) is 0.556. The molecule has 0 aliphatic heterocycles. The first-order chi connectivity index (χ1) is 11.5. The van der Waals surface area contributed by atoms with Crippen molar-refractivity contribution in [1.82, 2.24) is 4.90 Å². The zero-order chi connectivity index (χ0) is 17.5. The largest absolute Gasteiger partial charge is 0.384 e.